The lowest BCUT2D eigenvalue weighted by atomic mass is 9.99. The number of nitrogens with one attached hydrogen (secondary N) is 1. The quantitative estimate of drug-likeness (QED) is 0.882. The van der Waals surface area contributed by atoms with E-state index in [0.29, 0.717) is 11.3 Å². The van der Waals surface area contributed by atoms with Gasteiger partial charge in [-0.25, -0.2) is 4.39 Å². The van der Waals surface area contributed by atoms with Crippen molar-refractivity contribution in [1.29, 1.82) is 0 Å². The molecule has 20 heavy (non-hydrogen) atoms. The van der Waals surface area contributed by atoms with Crippen LogP contribution in [0.5, 0.6) is 0 Å². The standard InChI is InChI=1S/C15H13ClFNO2/c16-11-6-12(17)8-13(7-11)18-9-14(15(19)20)10-4-2-1-3-5-10/h1-8,14,18H,9H2,(H,19,20). The molecule has 0 heterocycles. The highest BCUT2D eigenvalue weighted by Crippen LogP contribution is 2.21. The highest BCUT2D eigenvalue weighted by atomic mass is 35.5. The van der Waals surface area contributed by atoms with Crippen molar-refractivity contribution in [2.75, 3.05) is 11.9 Å². The normalized spacial score (nSPS) is 11.9. The number of aliphatic carboxylic acids is 1. The van der Waals surface area contributed by atoms with Gasteiger partial charge in [-0.15, -0.1) is 0 Å². The summed E-state index contributed by atoms with van der Waals surface area (Å²) in [5.74, 6) is -2.11. The summed E-state index contributed by atoms with van der Waals surface area (Å²) in [7, 11) is 0. The van der Waals surface area contributed by atoms with Crippen LogP contribution in [0.4, 0.5) is 10.1 Å². The second-order valence-electron chi connectivity index (χ2n) is 4.34. The Bertz CT molecular complexity index is 584. The summed E-state index contributed by atoms with van der Waals surface area (Å²) in [6.45, 7) is 0.152. The van der Waals surface area contributed by atoms with Crippen LogP contribution >= 0.6 is 11.6 Å². The van der Waals surface area contributed by atoms with Crippen LogP contribution in [0.25, 0.3) is 0 Å². The van der Waals surface area contributed by atoms with Gasteiger partial charge in [-0.3, -0.25) is 4.79 Å². The Morgan fingerprint density at radius 1 is 1.25 bits per heavy atom. The number of carbonyl (C=O) groups is 1. The fourth-order valence-electron chi connectivity index (χ4n) is 1.91. The predicted octanol–water partition coefficient (Wildman–Crippen LogP) is 3.76. The fraction of sp³-hybridized carbons (Fsp3) is 0.133. The molecule has 0 bridgehead atoms. The molecule has 0 aliphatic heterocycles. The van der Waals surface area contributed by atoms with Crippen LogP contribution in [0.1, 0.15) is 11.5 Å². The van der Waals surface area contributed by atoms with E-state index in [1.165, 1.54) is 12.1 Å². The first-order valence-corrected chi connectivity index (χ1v) is 6.42. The Kier molecular flexibility index (Phi) is 4.58. The van der Waals surface area contributed by atoms with E-state index in [0.717, 1.165) is 0 Å². The third kappa shape index (κ3) is 3.71. The number of carboxylic acid groups (broad SMARTS) is 1. The number of carboxylic acids is 1. The Hall–Kier alpha value is -2.07. The molecule has 1 unspecified atom stereocenters. The molecule has 5 heteroatoms. The molecular weight excluding hydrogens is 281 g/mol. The van der Waals surface area contributed by atoms with Crippen LogP contribution in [0.15, 0.2) is 48.5 Å². The van der Waals surface area contributed by atoms with E-state index in [1.54, 1.807) is 30.3 Å². The second kappa shape index (κ2) is 6.39. The van der Waals surface area contributed by atoms with Crippen molar-refractivity contribution < 1.29 is 14.3 Å². The van der Waals surface area contributed by atoms with Gasteiger partial charge in [0.05, 0.1) is 5.92 Å². The molecule has 3 nitrogen and oxygen atoms in total. The molecule has 0 spiro atoms. The molecule has 0 fully saturated rings. The Labute approximate surface area is 121 Å². The Morgan fingerprint density at radius 2 is 1.95 bits per heavy atom. The van der Waals surface area contributed by atoms with E-state index in [1.807, 2.05) is 6.07 Å². The molecule has 0 aromatic heterocycles. The van der Waals surface area contributed by atoms with Crippen LogP contribution in [-0.4, -0.2) is 17.6 Å². The zero-order chi connectivity index (χ0) is 14.5. The highest BCUT2D eigenvalue weighted by Gasteiger charge is 2.19. The van der Waals surface area contributed by atoms with E-state index >= 15 is 0 Å². The average molecular weight is 294 g/mol. The minimum atomic E-state index is -0.939. The first kappa shape index (κ1) is 14.3. The van der Waals surface area contributed by atoms with Gasteiger partial charge in [-0.05, 0) is 23.8 Å². The Morgan fingerprint density at radius 3 is 2.55 bits per heavy atom. The molecule has 0 saturated carbocycles. The van der Waals surface area contributed by atoms with Crippen molar-refractivity contribution in [2.24, 2.45) is 0 Å². The average Bonchev–Trinajstić information content (AvgIpc) is 2.38. The topological polar surface area (TPSA) is 49.3 Å². The van der Waals surface area contributed by atoms with Gasteiger partial charge in [0.1, 0.15) is 5.82 Å². The zero-order valence-corrected chi connectivity index (χ0v) is 11.3. The number of hydrogen-bond acceptors (Lipinski definition) is 2. The van der Waals surface area contributed by atoms with Gasteiger partial charge in [-0.2, -0.15) is 0 Å². The third-order valence-corrected chi connectivity index (χ3v) is 3.09. The summed E-state index contributed by atoms with van der Waals surface area (Å²) in [6, 6.07) is 12.9. The van der Waals surface area contributed by atoms with Crippen molar-refractivity contribution in [2.45, 2.75) is 5.92 Å². The number of anilines is 1. The van der Waals surface area contributed by atoms with Gasteiger partial charge in [0, 0.05) is 17.3 Å². The summed E-state index contributed by atoms with van der Waals surface area (Å²) < 4.78 is 13.2. The van der Waals surface area contributed by atoms with Crippen LogP contribution < -0.4 is 5.32 Å². The lowest BCUT2D eigenvalue weighted by molar-refractivity contribution is -0.138. The van der Waals surface area contributed by atoms with Crippen LogP contribution in [0, 0.1) is 5.82 Å². The summed E-state index contributed by atoms with van der Waals surface area (Å²) in [5, 5.41) is 12.4. The zero-order valence-electron chi connectivity index (χ0n) is 10.5. The monoisotopic (exact) mass is 293 g/mol. The maximum atomic E-state index is 13.2. The van der Waals surface area contributed by atoms with Gasteiger partial charge in [0.15, 0.2) is 0 Å². The second-order valence-corrected chi connectivity index (χ2v) is 4.78. The molecule has 2 aromatic carbocycles. The van der Waals surface area contributed by atoms with E-state index < -0.39 is 17.7 Å². The molecule has 2 rings (SSSR count). The number of hydrogen-bond donors (Lipinski definition) is 2. The van der Waals surface area contributed by atoms with Crippen LogP contribution in [-0.2, 0) is 4.79 Å². The lowest BCUT2D eigenvalue weighted by Crippen LogP contribution is -2.20. The highest BCUT2D eigenvalue weighted by molar-refractivity contribution is 6.30. The molecule has 2 aromatic rings. The van der Waals surface area contributed by atoms with Crippen molar-refractivity contribution in [3.05, 3.63) is 64.9 Å². The summed E-state index contributed by atoms with van der Waals surface area (Å²) in [4.78, 5) is 11.3. The van der Waals surface area contributed by atoms with E-state index in [4.69, 9.17) is 11.6 Å². The molecule has 0 radical (unpaired) electrons. The van der Waals surface area contributed by atoms with Gasteiger partial charge in [0.2, 0.25) is 0 Å². The predicted molar refractivity (Wildman–Crippen MR) is 76.7 cm³/mol. The molecule has 2 N–H and O–H groups in total. The third-order valence-electron chi connectivity index (χ3n) is 2.87. The van der Waals surface area contributed by atoms with Gasteiger partial charge in [0.25, 0.3) is 0 Å². The first-order valence-electron chi connectivity index (χ1n) is 6.04. The molecule has 0 aliphatic rings. The number of benzene rings is 2. The van der Waals surface area contributed by atoms with Gasteiger partial charge >= 0.3 is 5.97 Å². The van der Waals surface area contributed by atoms with Crippen molar-refractivity contribution in [3.8, 4) is 0 Å². The van der Waals surface area contributed by atoms with E-state index in [2.05, 4.69) is 5.32 Å². The largest absolute Gasteiger partial charge is 0.481 e. The van der Waals surface area contributed by atoms with E-state index in [9.17, 15) is 14.3 Å². The lowest BCUT2D eigenvalue weighted by Gasteiger charge is -2.15. The molecule has 104 valence electrons. The molecule has 0 saturated heterocycles. The van der Waals surface area contributed by atoms with Crippen molar-refractivity contribution in [3.63, 3.8) is 0 Å². The Balaban J connectivity index is 2.12. The van der Waals surface area contributed by atoms with Gasteiger partial charge < -0.3 is 10.4 Å². The minimum absolute atomic E-state index is 0.152. The summed E-state index contributed by atoms with van der Waals surface area (Å²) >= 11 is 5.75. The minimum Gasteiger partial charge on any atom is -0.481 e. The molecule has 0 aliphatic carbocycles. The number of rotatable bonds is 5. The summed E-state index contributed by atoms with van der Waals surface area (Å²) in [5.41, 5.74) is 1.15. The van der Waals surface area contributed by atoms with Crippen LogP contribution in [0.3, 0.4) is 0 Å². The summed E-state index contributed by atoms with van der Waals surface area (Å²) in [6.07, 6.45) is 0. The maximum Gasteiger partial charge on any atom is 0.312 e. The van der Waals surface area contributed by atoms with E-state index in [-0.39, 0.29) is 11.6 Å². The first-order chi connectivity index (χ1) is 9.56. The SMILES string of the molecule is O=C(O)C(CNc1cc(F)cc(Cl)c1)c1ccccc1. The molecule has 0 amide bonds. The van der Waals surface area contributed by atoms with Crippen LogP contribution in [0.2, 0.25) is 5.02 Å². The van der Waals surface area contributed by atoms with Crippen molar-refractivity contribution in [1.82, 2.24) is 0 Å². The fourth-order valence-corrected chi connectivity index (χ4v) is 2.13. The smallest absolute Gasteiger partial charge is 0.312 e. The molecule has 1 atom stereocenters. The molecular formula is C15H13ClFNO2. The van der Waals surface area contributed by atoms with Crippen molar-refractivity contribution >= 4 is 23.3 Å². The number of halogens is 2. The maximum absolute atomic E-state index is 13.2. The van der Waals surface area contributed by atoms with Gasteiger partial charge in [-0.1, -0.05) is 41.9 Å².